The Labute approximate surface area is 175 Å². The zero-order valence-electron chi connectivity index (χ0n) is 17.5. The van der Waals surface area contributed by atoms with Gasteiger partial charge in [-0.15, -0.1) is 0 Å². The standard InChI is InChI=1S/C22H28O8/c1-25-15-5-11(6-16(26-2)19(15)23)21-13-9-30-22(14(13)10-29-21)12-7-17(27-3)20(24)18(8-12)28-4/h5-8,13-15,19,21-24H,9-10H2,1-4H3/t13-,14-,15?,19?,21+,22+/m0/s1. The van der Waals surface area contributed by atoms with Crippen LogP contribution in [0.1, 0.15) is 11.7 Å². The molecule has 2 aliphatic heterocycles. The average Bonchev–Trinajstić information content (AvgIpc) is 3.36. The van der Waals surface area contributed by atoms with E-state index in [-0.39, 0.29) is 29.8 Å². The summed E-state index contributed by atoms with van der Waals surface area (Å²) in [6, 6.07) is 3.55. The summed E-state index contributed by atoms with van der Waals surface area (Å²) < 4.78 is 33.7. The Bertz CT molecular complexity index is 823. The minimum atomic E-state index is -0.842. The van der Waals surface area contributed by atoms with Gasteiger partial charge in [0, 0.05) is 18.9 Å². The van der Waals surface area contributed by atoms with E-state index < -0.39 is 12.2 Å². The summed E-state index contributed by atoms with van der Waals surface area (Å²) in [7, 11) is 6.09. The molecule has 1 aliphatic carbocycles. The zero-order chi connectivity index (χ0) is 21.4. The van der Waals surface area contributed by atoms with Crippen LogP contribution in [0.25, 0.3) is 0 Å². The number of rotatable bonds is 6. The average molecular weight is 420 g/mol. The summed E-state index contributed by atoms with van der Waals surface area (Å²) in [5, 5.41) is 20.5. The van der Waals surface area contributed by atoms with E-state index in [0.717, 1.165) is 11.1 Å². The van der Waals surface area contributed by atoms with E-state index in [4.69, 9.17) is 28.4 Å². The van der Waals surface area contributed by atoms with Gasteiger partial charge >= 0.3 is 0 Å². The first kappa shape index (κ1) is 21.0. The minimum absolute atomic E-state index is 0.0346. The molecule has 1 aromatic carbocycles. The van der Waals surface area contributed by atoms with Crippen molar-refractivity contribution in [3.63, 3.8) is 0 Å². The molecule has 2 heterocycles. The fourth-order valence-electron chi connectivity index (χ4n) is 4.61. The molecular formula is C22H28O8. The van der Waals surface area contributed by atoms with Crippen molar-refractivity contribution in [1.82, 2.24) is 0 Å². The van der Waals surface area contributed by atoms with Gasteiger partial charge in [0.25, 0.3) is 0 Å². The first-order chi connectivity index (χ1) is 14.5. The van der Waals surface area contributed by atoms with Gasteiger partial charge in [-0.3, -0.25) is 0 Å². The fraction of sp³-hybridized carbons (Fsp3) is 0.545. The highest BCUT2D eigenvalue weighted by molar-refractivity contribution is 5.53. The van der Waals surface area contributed by atoms with Crippen molar-refractivity contribution in [2.75, 3.05) is 41.7 Å². The number of hydrogen-bond acceptors (Lipinski definition) is 8. The maximum atomic E-state index is 10.3. The Kier molecular flexibility index (Phi) is 5.92. The highest BCUT2D eigenvalue weighted by Gasteiger charge is 2.49. The number of phenolic OH excluding ortho intramolecular Hbond substituents is 1. The molecule has 0 saturated carbocycles. The quantitative estimate of drug-likeness (QED) is 0.721. The maximum absolute atomic E-state index is 10.3. The largest absolute Gasteiger partial charge is 0.502 e. The summed E-state index contributed by atoms with van der Waals surface area (Å²) in [5.74, 6) is 1.36. The van der Waals surface area contributed by atoms with Crippen LogP contribution in [0, 0.1) is 11.8 Å². The molecule has 6 atom stereocenters. The highest BCUT2D eigenvalue weighted by atomic mass is 16.5. The van der Waals surface area contributed by atoms with Gasteiger partial charge in [-0.2, -0.15) is 0 Å². The van der Waals surface area contributed by atoms with Crippen molar-refractivity contribution in [3.8, 4) is 17.2 Å². The van der Waals surface area contributed by atoms with Crippen LogP contribution < -0.4 is 9.47 Å². The molecule has 1 aromatic rings. The minimum Gasteiger partial charge on any atom is -0.502 e. The number of ether oxygens (including phenoxy) is 6. The number of aromatic hydroxyl groups is 1. The van der Waals surface area contributed by atoms with Crippen LogP contribution >= 0.6 is 0 Å². The van der Waals surface area contributed by atoms with Gasteiger partial charge in [-0.25, -0.2) is 0 Å². The molecule has 2 saturated heterocycles. The third kappa shape index (κ3) is 3.43. The molecule has 0 aromatic heterocycles. The molecule has 3 aliphatic rings. The van der Waals surface area contributed by atoms with Crippen LogP contribution in [0.15, 0.2) is 35.6 Å². The monoisotopic (exact) mass is 420 g/mol. The first-order valence-corrected chi connectivity index (χ1v) is 9.88. The summed E-state index contributed by atoms with van der Waals surface area (Å²) in [4.78, 5) is 0. The number of phenols is 1. The Balaban J connectivity index is 1.59. The van der Waals surface area contributed by atoms with Gasteiger partial charge < -0.3 is 38.6 Å². The molecule has 0 radical (unpaired) electrons. The van der Waals surface area contributed by atoms with Crippen molar-refractivity contribution >= 4 is 0 Å². The van der Waals surface area contributed by atoms with Gasteiger partial charge in [-0.1, -0.05) is 0 Å². The van der Waals surface area contributed by atoms with Gasteiger partial charge in [0.15, 0.2) is 11.5 Å². The van der Waals surface area contributed by atoms with Gasteiger partial charge in [0.05, 0.1) is 46.8 Å². The summed E-state index contributed by atoms with van der Waals surface area (Å²) in [6.45, 7) is 1.05. The number of fused-ring (bicyclic) bond motifs is 1. The van der Waals surface area contributed by atoms with Crippen LogP contribution in [0.4, 0.5) is 0 Å². The van der Waals surface area contributed by atoms with Crippen LogP contribution in [0.2, 0.25) is 0 Å². The second kappa shape index (κ2) is 8.47. The SMILES string of the molecule is COC1=CC([C@H]2OC[C@H]3[C@@H]2CO[C@@H]3c2cc(OC)c(O)c(OC)c2)=CC(OC)C1O. The molecule has 30 heavy (non-hydrogen) atoms. The second-order valence-electron chi connectivity index (χ2n) is 7.67. The van der Waals surface area contributed by atoms with Gasteiger partial charge in [0.1, 0.15) is 18.0 Å². The summed E-state index contributed by atoms with van der Waals surface area (Å²) >= 11 is 0. The molecule has 4 rings (SSSR count). The number of benzene rings is 1. The van der Waals surface area contributed by atoms with E-state index in [9.17, 15) is 10.2 Å². The van der Waals surface area contributed by atoms with Crippen LogP contribution in [0.5, 0.6) is 17.2 Å². The van der Waals surface area contributed by atoms with Crippen LogP contribution in [-0.2, 0) is 18.9 Å². The van der Waals surface area contributed by atoms with E-state index in [2.05, 4.69) is 0 Å². The summed E-state index contributed by atoms with van der Waals surface area (Å²) in [5.41, 5.74) is 1.79. The van der Waals surface area contributed by atoms with Crippen molar-refractivity contribution < 1.29 is 38.6 Å². The van der Waals surface area contributed by atoms with E-state index in [1.165, 1.54) is 21.3 Å². The third-order valence-corrected chi connectivity index (χ3v) is 6.20. The normalized spacial score (nSPS) is 33.0. The Morgan fingerprint density at radius 2 is 1.50 bits per heavy atom. The Morgan fingerprint density at radius 1 is 0.900 bits per heavy atom. The van der Waals surface area contributed by atoms with Crippen molar-refractivity contribution in [2.24, 2.45) is 11.8 Å². The lowest BCUT2D eigenvalue weighted by molar-refractivity contribution is 0.00237. The predicted octanol–water partition coefficient (Wildman–Crippen LogP) is 1.96. The van der Waals surface area contributed by atoms with Crippen LogP contribution in [0.3, 0.4) is 0 Å². The summed E-state index contributed by atoms with van der Waals surface area (Å²) in [6.07, 6.45) is 1.99. The molecule has 2 unspecified atom stereocenters. The Hall–Kier alpha value is -2.26. The highest BCUT2D eigenvalue weighted by Crippen LogP contribution is 2.49. The molecule has 2 fully saturated rings. The predicted molar refractivity (Wildman–Crippen MR) is 107 cm³/mol. The molecule has 2 N–H and O–H groups in total. The zero-order valence-corrected chi connectivity index (χ0v) is 17.5. The van der Waals surface area contributed by atoms with Gasteiger partial charge in [0.2, 0.25) is 5.75 Å². The molecular weight excluding hydrogens is 392 g/mol. The first-order valence-electron chi connectivity index (χ1n) is 9.88. The lowest BCUT2D eigenvalue weighted by atomic mass is 9.83. The molecule has 0 bridgehead atoms. The second-order valence-corrected chi connectivity index (χ2v) is 7.67. The van der Waals surface area contributed by atoms with E-state index in [1.54, 1.807) is 19.2 Å². The molecule has 8 nitrogen and oxygen atoms in total. The van der Waals surface area contributed by atoms with E-state index in [0.29, 0.717) is 30.5 Å². The van der Waals surface area contributed by atoms with E-state index >= 15 is 0 Å². The smallest absolute Gasteiger partial charge is 0.200 e. The molecule has 164 valence electrons. The maximum Gasteiger partial charge on any atom is 0.200 e. The third-order valence-electron chi connectivity index (χ3n) is 6.20. The van der Waals surface area contributed by atoms with Crippen LogP contribution in [-0.4, -0.2) is 70.2 Å². The molecule has 0 spiro atoms. The lowest BCUT2D eigenvalue weighted by Gasteiger charge is -2.28. The molecule has 0 amide bonds. The number of aliphatic hydroxyl groups excluding tert-OH is 1. The Morgan fingerprint density at radius 3 is 2.07 bits per heavy atom. The topological polar surface area (TPSA) is 95.8 Å². The number of methoxy groups -OCH3 is 4. The fourth-order valence-corrected chi connectivity index (χ4v) is 4.61. The number of hydrogen-bond donors (Lipinski definition) is 2. The lowest BCUT2D eigenvalue weighted by Crippen LogP contribution is -2.34. The van der Waals surface area contributed by atoms with Crippen molar-refractivity contribution in [1.29, 1.82) is 0 Å². The van der Waals surface area contributed by atoms with Crippen molar-refractivity contribution in [3.05, 3.63) is 41.2 Å². The van der Waals surface area contributed by atoms with E-state index in [1.807, 2.05) is 12.2 Å². The van der Waals surface area contributed by atoms with Gasteiger partial charge in [-0.05, 0) is 35.4 Å². The van der Waals surface area contributed by atoms with Crippen molar-refractivity contribution in [2.45, 2.75) is 24.4 Å². The number of aliphatic hydroxyl groups is 1. The molecule has 8 heteroatoms.